The van der Waals surface area contributed by atoms with E-state index in [2.05, 4.69) is 27.9 Å². The summed E-state index contributed by atoms with van der Waals surface area (Å²) in [5, 5.41) is 3.52. The van der Waals surface area contributed by atoms with E-state index in [4.69, 9.17) is 0 Å². The van der Waals surface area contributed by atoms with E-state index in [1.54, 1.807) is 0 Å². The summed E-state index contributed by atoms with van der Waals surface area (Å²) < 4.78 is 3.73. The molecule has 0 saturated heterocycles. The zero-order chi connectivity index (χ0) is 23.8. The number of benzene rings is 2. The van der Waals surface area contributed by atoms with Gasteiger partial charge in [-0.25, -0.2) is 4.79 Å². The maximum absolute atomic E-state index is 13.7. The van der Waals surface area contributed by atoms with Crippen molar-refractivity contribution in [2.24, 2.45) is 0 Å². The average molecular weight is 585 g/mol. The molecule has 0 radical (unpaired) electrons. The molecule has 0 spiro atoms. The summed E-state index contributed by atoms with van der Waals surface area (Å²) in [6.45, 7) is 1.71. The molecule has 2 aromatic carbocycles. The van der Waals surface area contributed by atoms with Crippen molar-refractivity contribution in [1.29, 1.82) is 0 Å². The van der Waals surface area contributed by atoms with Crippen LogP contribution in [0.2, 0.25) is 0 Å². The number of hydrogen-bond acceptors (Lipinski definition) is 4. The summed E-state index contributed by atoms with van der Waals surface area (Å²) in [6, 6.07) is 16.6. The number of fused-ring (bicyclic) bond motifs is 3. The molecule has 174 valence electrons. The number of aryl methyl sites for hydroxylation is 2. The smallest absolute Gasteiger partial charge is 0.324 e. The molecular weight excluding hydrogens is 561 g/mol. The molecule has 1 atom stereocenters. The quantitative estimate of drug-likeness (QED) is 0.337. The lowest BCUT2D eigenvalue weighted by Crippen LogP contribution is -2.43. The Hall–Kier alpha value is -2.72. The van der Waals surface area contributed by atoms with Gasteiger partial charge in [-0.3, -0.25) is 18.7 Å². The van der Waals surface area contributed by atoms with Gasteiger partial charge in [0.15, 0.2) is 0 Å². The molecule has 1 unspecified atom stereocenters. The van der Waals surface area contributed by atoms with Gasteiger partial charge in [0, 0.05) is 8.45 Å². The number of nitrogens with zero attached hydrogens (tertiary/aromatic N) is 2. The van der Waals surface area contributed by atoms with Gasteiger partial charge in [-0.15, -0.1) is 11.3 Å². The number of amides is 1. The molecule has 2 heterocycles. The summed E-state index contributed by atoms with van der Waals surface area (Å²) in [6.07, 6.45) is 3.84. The normalized spacial score (nSPS) is 14.1. The molecular formula is C26H24IN3O3S. The number of hydrogen-bond donors (Lipinski definition) is 1. The maximum Gasteiger partial charge on any atom is 0.333 e. The molecule has 4 aromatic rings. The fourth-order valence-electron chi connectivity index (χ4n) is 4.64. The van der Waals surface area contributed by atoms with Crippen LogP contribution in [-0.4, -0.2) is 15.0 Å². The van der Waals surface area contributed by atoms with Crippen molar-refractivity contribution in [1.82, 2.24) is 9.13 Å². The zero-order valence-electron chi connectivity index (χ0n) is 18.7. The molecule has 1 amide bonds. The van der Waals surface area contributed by atoms with Gasteiger partial charge in [0.1, 0.15) is 11.4 Å². The Morgan fingerprint density at radius 2 is 1.76 bits per heavy atom. The van der Waals surface area contributed by atoms with Gasteiger partial charge in [0.05, 0.1) is 17.1 Å². The van der Waals surface area contributed by atoms with E-state index in [1.807, 2.05) is 61.5 Å². The van der Waals surface area contributed by atoms with Crippen molar-refractivity contribution in [3.05, 3.63) is 95.0 Å². The first kappa shape index (κ1) is 23.0. The topological polar surface area (TPSA) is 73.1 Å². The average Bonchev–Trinajstić information content (AvgIpc) is 3.23. The summed E-state index contributed by atoms with van der Waals surface area (Å²) >= 11 is 3.66. The van der Waals surface area contributed by atoms with Gasteiger partial charge in [-0.05, 0) is 78.5 Å². The van der Waals surface area contributed by atoms with Gasteiger partial charge >= 0.3 is 5.69 Å². The highest BCUT2D eigenvalue weighted by Gasteiger charge is 2.26. The number of para-hydroxylation sites is 1. The number of thiophene rings is 1. The molecule has 1 N–H and O–H groups in total. The number of carbonyl (C=O) groups is 1. The van der Waals surface area contributed by atoms with E-state index in [1.165, 1.54) is 20.5 Å². The molecule has 6 nitrogen and oxygen atoms in total. The number of carbonyl (C=O) groups excluding carboxylic acids is 1. The van der Waals surface area contributed by atoms with E-state index in [-0.39, 0.29) is 18.0 Å². The minimum Gasteiger partial charge on any atom is -0.324 e. The van der Waals surface area contributed by atoms with Crippen molar-refractivity contribution < 1.29 is 4.79 Å². The van der Waals surface area contributed by atoms with Crippen molar-refractivity contribution in [2.75, 3.05) is 5.32 Å². The second-order valence-electron chi connectivity index (χ2n) is 8.55. The molecule has 0 saturated carbocycles. The molecule has 34 heavy (non-hydrogen) atoms. The Morgan fingerprint density at radius 3 is 2.53 bits per heavy atom. The number of rotatable bonds is 5. The van der Waals surface area contributed by atoms with Crippen LogP contribution in [0.15, 0.2) is 64.2 Å². The van der Waals surface area contributed by atoms with Gasteiger partial charge in [-0.2, -0.15) is 0 Å². The van der Waals surface area contributed by atoms with E-state index in [0.29, 0.717) is 15.9 Å². The maximum atomic E-state index is 13.7. The third-order valence-electron chi connectivity index (χ3n) is 6.39. The van der Waals surface area contributed by atoms with E-state index in [9.17, 15) is 14.4 Å². The van der Waals surface area contributed by atoms with Crippen LogP contribution in [0.25, 0.3) is 10.2 Å². The SMILES string of the molecule is CC(c1ccccc1)n1c(=O)c2c3c(sc2n(CC(=O)Nc2ccccc2I)c1=O)CCCC3. The fraction of sp³-hybridized carbons (Fsp3) is 0.269. The number of halogens is 1. The predicted molar refractivity (Wildman–Crippen MR) is 145 cm³/mol. The van der Waals surface area contributed by atoms with Gasteiger partial charge < -0.3 is 5.32 Å². The third-order valence-corrected chi connectivity index (χ3v) is 8.64. The van der Waals surface area contributed by atoms with Crippen molar-refractivity contribution in [2.45, 2.75) is 45.2 Å². The predicted octanol–water partition coefficient (Wildman–Crippen LogP) is 4.96. The Bertz CT molecular complexity index is 1500. The van der Waals surface area contributed by atoms with Crippen molar-refractivity contribution in [3.63, 3.8) is 0 Å². The Balaban J connectivity index is 1.66. The van der Waals surface area contributed by atoms with E-state index in [0.717, 1.165) is 45.3 Å². The van der Waals surface area contributed by atoms with Gasteiger partial charge in [0.25, 0.3) is 5.56 Å². The highest BCUT2D eigenvalue weighted by Crippen LogP contribution is 2.34. The number of anilines is 1. The van der Waals surface area contributed by atoms with Crippen LogP contribution >= 0.6 is 33.9 Å². The summed E-state index contributed by atoms with van der Waals surface area (Å²) in [4.78, 5) is 42.3. The van der Waals surface area contributed by atoms with E-state index < -0.39 is 11.7 Å². The third kappa shape index (κ3) is 4.13. The fourth-order valence-corrected chi connectivity index (χ4v) is 6.54. The van der Waals surface area contributed by atoms with Gasteiger partial charge in [-0.1, -0.05) is 42.5 Å². The Labute approximate surface area is 214 Å². The van der Waals surface area contributed by atoms with Gasteiger partial charge in [0.2, 0.25) is 5.91 Å². The molecule has 8 heteroatoms. The van der Waals surface area contributed by atoms with Crippen LogP contribution in [0, 0.1) is 3.57 Å². The molecule has 1 aliphatic rings. The minimum absolute atomic E-state index is 0.151. The zero-order valence-corrected chi connectivity index (χ0v) is 21.7. The highest BCUT2D eigenvalue weighted by atomic mass is 127. The molecule has 0 fully saturated rings. The minimum atomic E-state index is -0.453. The summed E-state index contributed by atoms with van der Waals surface area (Å²) in [5.74, 6) is -0.295. The lowest BCUT2D eigenvalue weighted by molar-refractivity contribution is -0.116. The van der Waals surface area contributed by atoms with Crippen LogP contribution in [-0.2, 0) is 24.2 Å². The van der Waals surface area contributed by atoms with Crippen LogP contribution in [0.3, 0.4) is 0 Å². The summed E-state index contributed by atoms with van der Waals surface area (Å²) in [5.41, 5.74) is 1.92. The van der Waals surface area contributed by atoms with Crippen molar-refractivity contribution in [3.8, 4) is 0 Å². The summed E-state index contributed by atoms with van der Waals surface area (Å²) in [7, 11) is 0. The second-order valence-corrected chi connectivity index (χ2v) is 10.8. The van der Waals surface area contributed by atoms with Crippen LogP contribution < -0.4 is 16.6 Å². The molecule has 5 rings (SSSR count). The van der Waals surface area contributed by atoms with Crippen LogP contribution in [0.4, 0.5) is 5.69 Å². The standard InChI is InChI=1S/C26H24IN3O3S/c1-16(17-9-3-2-4-10-17)30-24(32)23-18-11-5-8-14-21(18)34-25(23)29(26(30)33)15-22(31)28-20-13-7-6-12-19(20)27/h2-4,6-7,9-10,12-13,16H,5,8,11,14-15H2,1H3,(H,28,31). The molecule has 2 aromatic heterocycles. The lowest BCUT2D eigenvalue weighted by atomic mass is 9.97. The first-order valence-electron chi connectivity index (χ1n) is 11.3. The first-order chi connectivity index (χ1) is 16.5. The van der Waals surface area contributed by atoms with Crippen LogP contribution in [0.5, 0.6) is 0 Å². The highest BCUT2D eigenvalue weighted by molar-refractivity contribution is 14.1. The van der Waals surface area contributed by atoms with Crippen molar-refractivity contribution >= 4 is 55.7 Å². The Morgan fingerprint density at radius 1 is 1.06 bits per heavy atom. The largest absolute Gasteiger partial charge is 0.333 e. The van der Waals surface area contributed by atoms with E-state index >= 15 is 0 Å². The molecule has 0 bridgehead atoms. The number of nitrogens with one attached hydrogen (secondary N) is 1. The Kier molecular flexibility index (Phi) is 6.44. The first-order valence-corrected chi connectivity index (χ1v) is 13.2. The van der Waals surface area contributed by atoms with Crippen LogP contribution in [0.1, 0.15) is 41.8 Å². The monoisotopic (exact) mass is 585 g/mol. The second kappa shape index (κ2) is 9.50. The lowest BCUT2D eigenvalue weighted by Gasteiger charge is -2.18. The number of aromatic nitrogens is 2. The molecule has 1 aliphatic carbocycles. The molecule has 0 aliphatic heterocycles.